The molecule has 2 heterocycles. The maximum Gasteiger partial charge on any atom is 0.278 e. The molecule has 8 heteroatoms. The van der Waals surface area contributed by atoms with Crippen molar-refractivity contribution in [3.63, 3.8) is 0 Å². The van der Waals surface area contributed by atoms with Gasteiger partial charge in [0.05, 0.1) is 24.4 Å². The van der Waals surface area contributed by atoms with Crippen LogP contribution in [0, 0.1) is 11.6 Å². The average molecular weight is 449 g/mol. The Bertz CT molecular complexity index is 1210. The maximum absolute atomic E-state index is 13.7. The van der Waals surface area contributed by atoms with Crippen LogP contribution < -0.4 is 10.1 Å². The number of anilines is 1. The molecule has 0 saturated heterocycles. The number of pyridine rings is 1. The smallest absolute Gasteiger partial charge is 0.278 e. The predicted molar refractivity (Wildman–Crippen MR) is 119 cm³/mol. The van der Waals surface area contributed by atoms with Crippen LogP contribution >= 0.6 is 0 Å². The molecule has 0 atom stereocenters. The van der Waals surface area contributed by atoms with Gasteiger partial charge in [-0.1, -0.05) is 25.1 Å². The highest BCUT2D eigenvalue weighted by atomic mass is 19.2. The van der Waals surface area contributed by atoms with E-state index in [1.807, 2.05) is 6.92 Å². The van der Waals surface area contributed by atoms with E-state index >= 15 is 0 Å². The van der Waals surface area contributed by atoms with Crippen molar-refractivity contribution in [2.45, 2.75) is 19.9 Å². The summed E-state index contributed by atoms with van der Waals surface area (Å²) in [5.74, 6) is -2.54. The predicted octanol–water partition coefficient (Wildman–Crippen LogP) is 4.54. The summed E-state index contributed by atoms with van der Waals surface area (Å²) < 4.78 is 32.7. The zero-order chi connectivity index (χ0) is 23.4. The number of benzene rings is 2. The topological polar surface area (TPSA) is 71.5 Å². The van der Waals surface area contributed by atoms with E-state index in [2.05, 4.69) is 10.3 Å². The molecule has 2 aromatic carbocycles. The molecule has 168 valence electrons. The van der Waals surface area contributed by atoms with Crippen LogP contribution in [0.4, 0.5) is 14.5 Å². The molecule has 0 spiro atoms. The number of hydrogen-bond donors (Lipinski definition) is 1. The molecular formula is C25H21F2N3O3. The Hall–Kier alpha value is -4.07. The molecule has 0 aliphatic carbocycles. The summed E-state index contributed by atoms with van der Waals surface area (Å²) in [5, 5.41) is 2.81. The number of ether oxygens (including phenoxy) is 1. The third-order valence-corrected chi connectivity index (χ3v) is 5.02. The number of amides is 2. The Morgan fingerprint density at radius 2 is 1.76 bits per heavy atom. The molecule has 1 N–H and O–H groups in total. The van der Waals surface area contributed by atoms with Crippen LogP contribution in [0.1, 0.15) is 24.6 Å². The van der Waals surface area contributed by atoms with Crippen molar-refractivity contribution in [3.8, 4) is 5.75 Å². The second-order valence-electron chi connectivity index (χ2n) is 7.39. The Labute approximate surface area is 189 Å². The highest BCUT2D eigenvalue weighted by molar-refractivity contribution is 6.36. The van der Waals surface area contributed by atoms with Crippen molar-refractivity contribution in [1.82, 2.24) is 9.88 Å². The lowest BCUT2D eigenvalue weighted by atomic mass is 10.0. The Balaban J connectivity index is 1.71. The number of carbonyl (C=O) groups excluding carboxylic acids is 2. The van der Waals surface area contributed by atoms with Crippen molar-refractivity contribution < 1.29 is 23.1 Å². The first kappa shape index (κ1) is 22.1. The van der Waals surface area contributed by atoms with Crippen LogP contribution in [-0.2, 0) is 16.1 Å². The fraction of sp³-hybridized carbons (Fsp3) is 0.160. The molecule has 4 rings (SSSR count). The molecule has 0 radical (unpaired) electrons. The highest BCUT2D eigenvalue weighted by Gasteiger charge is 2.39. The molecule has 1 aliphatic heterocycles. The Kier molecular flexibility index (Phi) is 6.44. The monoisotopic (exact) mass is 449 g/mol. The van der Waals surface area contributed by atoms with Gasteiger partial charge in [0.2, 0.25) is 0 Å². The average Bonchev–Trinajstić information content (AvgIpc) is 3.05. The fourth-order valence-corrected chi connectivity index (χ4v) is 3.41. The summed E-state index contributed by atoms with van der Waals surface area (Å²) in [6, 6.07) is 15.2. The summed E-state index contributed by atoms with van der Waals surface area (Å²) in [6.45, 7) is 2.53. The number of halogens is 2. The van der Waals surface area contributed by atoms with Gasteiger partial charge >= 0.3 is 0 Å². The van der Waals surface area contributed by atoms with E-state index in [0.29, 0.717) is 23.6 Å². The summed E-state index contributed by atoms with van der Waals surface area (Å²) in [5.41, 5.74) is 1.28. The van der Waals surface area contributed by atoms with Crippen LogP contribution in [0.25, 0.3) is 5.57 Å². The van der Waals surface area contributed by atoms with Gasteiger partial charge in [-0.25, -0.2) is 8.78 Å². The van der Waals surface area contributed by atoms with E-state index in [-0.39, 0.29) is 23.5 Å². The molecule has 2 amide bonds. The van der Waals surface area contributed by atoms with Crippen LogP contribution in [0.2, 0.25) is 0 Å². The number of hydrogen-bond acceptors (Lipinski definition) is 5. The zero-order valence-electron chi connectivity index (χ0n) is 17.8. The van der Waals surface area contributed by atoms with E-state index in [1.165, 1.54) is 6.07 Å². The molecule has 0 fully saturated rings. The lowest BCUT2D eigenvalue weighted by Gasteiger charge is -2.15. The van der Waals surface area contributed by atoms with E-state index in [0.717, 1.165) is 23.5 Å². The van der Waals surface area contributed by atoms with Crippen molar-refractivity contribution in [2.75, 3.05) is 11.9 Å². The fourth-order valence-electron chi connectivity index (χ4n) is 3.41. The largest absolute Gasteiger partial charge is 0.494 e. The van der Waals surface area contributed by atoms with Gasteiger partial charge in [0.1, 0.15) is 11.4 Å². The van der Waals surface area contributed by atoms with Crippen LogP contribution in [0.3, 0.4) is 0 Å². The summed E-state index contributed by atoms with van der Waals surface area (Å²) in [6.07, 6.45) is 2.43. The minimum absolute atomic E-state index is 0.0239. The quantitative estimate of drug-likeness (QED) is 0.511. The summed E-state index contributed by atoms with van der Waals surface area (Å²) in [4.78, 5) is 31.8. The second-order valence-corrected chi connectivity index (χ2v) is 7.39. The van der Waals surface area contributed by atoms with Gasteiger partial charge in [0.15, 0.2) is 11.6 Å². The highest BCUT2D eigenvalue weighted by Crippen LogP contribution is 2.32. The number of nitrogens with zero attached hydrogens (tertiary/aromatic N) is 2. The first-order valence-electron chi connectivity index (χ1n) is 10.4. The van der Waals surface area contributed by atoms with Crippen molar-refractivity contribution in [3.05, 3.63) is 95.4 Å². The molecule has 33 heavy (non-hydrogen) atoms. The number of aromatic nitrogens is 1. The van der Waals surface area contributed by atoms with E-state index in [1.54, 1.807) is 48.7 Å². The van der Waals surface area contributed by atoms with E-state index in [9.17, 15) is 18.4 Å². The van der Waals surface area contributed by atoms with Gasteiger partial charge in [0, 0.05) is 18.0 Å². The number of carbonyl (C=O) groups is 2. The summed E-state index contributed by atoms with van der Waals surface area (Å²) in [7, 11) is 0. The van der Waals surface area contributed by atoms with Crippen molar-refractivity contribution >= 4 is 23.1 Å². The molecule has 0 unspecified atom stereocenters. The first-order valence-corrected chi connectivity index (χ1v) is 10.4. The van der Waals surface area contributed by atoms with Crippen LogP contribution in [-0.4, -0.2) is 28.3 Å². The third-order valence-electron chi connectivity index (χ3n) is 5.02. The zero-order valence-corrected chi connectivity index (χ0v) is 17.8. The number of nitrogens with one attached hydrogen (secondary N) is 1. The Morgan fingerprint density at radius 1 is 0.970 bits per heavy atom. The molecule has 1 aromatic heterocycles. The summed E-state index contributed by atoms with van der Waals surface area (Å²) >= 11 is 0. The van der Waals surface area contributed by atoms with Crippen LogP contribution in [0.15, 0.2) is 72.6 Å². The van der Waals surface area contributed by atoms with Gasteiger partial charge in [-0.2, -0.15) is 0 Å². The minimum Gasteiger partial charge on any atom is -0.494 e. The first-order chi connectivity index (χ1) is 16.0. The molecule has 3 aromatic rings. The van der Waals surface area contributed by atoms with Crippen molar-refractivity contribution in [1.29, 1.82) is 0 Å². The lowest BCUT2D eigenvalue weighted by Crippen LogP contribution is -2.32. The van der Waals surface area contributed by atoms with Gasteiger partial charge < -0.3 is 10.1 Å². The third kappa shape index (κ3) is 4.74. The van der Waals surface area contributed by atoms with Gasteiger partial charge in [-0.15, -0.1) is 0 Å². The Morgan fingerprint density at radius 3 is 2.42 bits per heavy atom. The van der Waals surface area contributed by atoms with Crippen LogP contribution in [0.5, 0.6) is 5.75 Å². The minimum atomic E-state index is -1.07. The standard InChI is InChI=1S/C25H21F2N3O3/c1-2-13-33-19-9-6-16(7-10-19)22-23(29-17-8-11-20(26)21(27)14-17)25(32)30(24(22)31)15-18-5-3-4-12-28-18/h3-12,14,29H,2,13,15H2,1H3. The molecule has 1 aliphatic rings. The van der Waals surface area contributed by atoms with Crippen molar-refractivity contribution in [2.24, 2.45) is 0 Å². The van der Waals surface area contributed by atoms with E-state index < -0.39 is 23.4 Å². The lowest BCUT2D eigenvalue weighted by molar-refractivity contribution is -0.137. The number of rotatable bonds is 8. The van der Waals surface area contributed by atoms with Gasteiger partial charge in [-0.3, -0.25) is 19.5 Å². The molecule has 0 bridgehead atoms. The SMILES string of the molecule is CCCOc1ccc(C2=C(Nc3ccc(F)c(F)c3)C(=O)N(Cc3ccccn3)C2=O)cc1. The van der Waals surface area contributed by atoms with Gasteiger partial charge in [0.25, 0.3) is 11.8 Å². The maximum atomic E-state index is 13.7. The van der Waals surface area contributed by atoms with E-state index in [4.69, 9.17) is 4.74 Å². The number of imide groups is 1. The molecule has 6 nitrogen and oxygen atoms in total. The van der Waals surface area contributed by atoms with Gasteiger partial charge in [-0.05, 0) is 48.4 Å². The molecule has 0 saturated carbocycles. The second kappa shape index (κ2) is 9.60. The normalized spacial score (nSPS) is 13.6. The molecular weight excluding hydrogens is 428 g/mol.